The molecule has 0 saturated heterocycles. The Hall–Kier alpha value is -2.67. The summed E-state index contributed by atoms with van der Waals surface area (Å²) in [5.41, 5.74) is 6.79. The van der Waals surface area contributed by atoms with Crippen molar-refractivity contribution in [3.05, 3.63) is 54.1 Å². The van der Waals surface area contributed by atoms with Gasteiger partial charge in [0.15, 0.2) is 0 Å². The van der Waals surface area contributed by atoms with E-state index < -0.39 is 12.2 Å². The molecule has 7 heteroatoms. The molecule has 4 nitrogen and oxygen atoms in total. The second-order valence-corrected chi connectivity index (χ2v) is 8.04. The number of alkyl halides is 2. The number of nitrogens with two attached hydrogens (primary N) is 1. The maximum Gasteiger partial charge on any atom is 0.267 e. The van der Waals surface area contributed by atoms with Crippen LogP contribution in [0.4, 0.5) is 13.2 Å². The monoisotopic (exact) mass is 403 g/mol. The molecule has 154 valence electrons. The Bertz CT molecular complexity index is 1000. The molecule has 3 aromatic rings. The van der Waals surface area contributed by atoms with Crippen LogP contribution in [0.3, 0.4) is 0 Å². The smallest absolute Gasteiger partial charge is 0.267 e. The van der Waals surface area contributed by atoms with E-state index in [1.54, 1.807) is 12.1 Å². The molecule has 2 N–H and O–H groups in total. The highest BCUT2D eigenvalue weighted by molar-refractivity contribution is 5.93. The summed E-state index contributed by atoms with van der Waals surface area (Å²) in [6.45, 7) is 6.05. The van der Waals surface area contributed by atoms with Gasteiger partial charge in [-0.1, -0.05) is 6.92 Å². The number of rotatable bonds is 7. The third-order valence-corrected chi connectivity index (χ3v) is 4.51. The highest BCUT2D eigenvalue weighted by atomic mass is 19.3. The Balaban J connectivity index is 1.91. The molecule has 29 heavy (non-hydrogen) atoms. The first kappa shape index (κ1) is 21.0. The topological polar surface area (TPSA) is 61.0 Å². The van der Waals surface area contributed by atoms with Crippen LogP contribution in [0, 0.1) is 11.7 Å². The van der Waals surface area contributed by atoms with Gasteiger partial charge >= 0.3 is 0 Å². The molecule has 0 fully saturated rings. The summed E-state index contributed by atoms with van der Waals surface area (Å²) in [4.78, 5) is 8.44. The summed E-state index contributed by atoms with van der Waals surface area (Å²) < 4.78 is 46.5. The first-order chi connectivity index (χ1) is 13.6. The Morgan fingerprint density at radius 1 is 1.14 bits per heavy atom. The summed E-state index contributed by atoms with van der Waals surface area (Å²) >= 11 is 0. The lowest BCUT2D eigenvalue weighted by atomic mass is 9.93. The molecule has 3 rings (SSSR count). The number of benzene rings is 1. The van der Waals surface area contributed by atoms with E-state index in [-0.39, 0.29) is 29.4 Å². The largest absolute Gasteiger partial charge is 0.491 e. The van der Waals surface area contributed by atoms with Gasteiger partial charge in [-0.05, 0) is 50.5 Å². The molecule has 0 radical (unpaired) electrons. The summed E-state index contributed by atoms with van der Waals surface area (Å²) in [6.07, 6.45) is 0.787. The van der Waals surface area contributed by atoms with Gasteiger partial charge in [0.25, 0.3) is 6.43 Å². The van der Waals surface area contributed by atoms with Crippen LogP contribution in [0.15, 0.2) is 42.7 Å². The molecule has 0 aliphatic rings. The van der Waals surface area contributed by atoms with E-state index in [2.05, 4.69) is 9.97 Å². The van der Waals surface area contributed by atoms with Crippen molar-refractivity contribution in [2.45, 2.75) is 39.2 Å². The van der Waals surface area contributed by atoms with Crippen LogP contribution in [-0.2, 0) is 0 Å². The van der Waals surface area contributed by atoms with Gasteiger partial charge in [-0.15, -0.1) is 0 Å². The molecule has 2 heterocycles. The van der Waals surface area contributed by atoms with E-state index >= 15 is 0 Å². The standard InChI is InChI=1S/C22H24F3N3O/c1-13(10-22(2,3)26)12-29-20-11-28-19(9-17(20)21(24)25)16-6-7-27-18-8-14(23)4-5-15(16)18/h4-9,11,13,21H,10,12,26H2,1-3H3. The van der Waals surface area contributed by atoms with Gasteiger partial charge in [-0.2, -0.15) is 0 Å². The zero-order valence-electron chi connectivity index (χ0n) is 16.6. The van der Waals surface area contributed by atoms with Crippen LogP contribution >= 0.6 is 0 Å². The van der Waals surface area contributed by atoms with Crippen LogP contribution in [0.5, 0.6) is 5.75 Å². The van der Waals surface area contributed by atoms with Crippen molar-refractivity contribution >= 4 is 10.9 Å². The van der Waals surface area contributed by atoms with Gasteiger partial charge in [0, 0.05) is 28.8 Å². The lowest BCUT2D eigenvalue weighted by Crippen LogP contribution is -2.35. The van der Waals surface area contributed by atoms with Crippen LogP contribution in [0.2, 0.25) is 0 Å². The third-order valence-electron chi connectivity index (χ3n) is 4.51. The minimum atomic E-state index is -2.72. The minimum Gasteiger partial charge on any atom is -0.491 e. The highest BCUT2D eigenvalue weighted by Gasteiger charge is 2.20. The molecule has 0 spiro atoms. The number of hydrogen-bond donors (Lipinski definition) is 1. The maximum atomic E-state index is 13.7. The van der Waals surface area contributed by atoms with Gasteiger partial charge in [0.1, 0.15) is 11.6 Å². The van der Waals surface area contributed by atoms with Gasteiger partial charge in [0.2, 0.25) is 0 Å². The first-order valence-corrected chi connectivity index (χ1v) is 9.38. The van der Waals surface area contributed by atoms with Crippen LogP contribution < -0.4 is 10.5 Å². The number of halogens is 3. The fourth-order valence-corrected chi connectivity index (χ4v) is 3.43. The van der Waals surface area contributed by atoms with Crippen LogP contribution in [-0.4, -0.2) is 22.1 Å². The normalized spacial score (nSPS) is 13.1. The molecule has 0 saturated carbocycles. The van der Waals surface area contributed by atoms with E-state index in [9.17, 15) is 13.2 Å². The summed E-state index contributed by atoms with van der Waals surface area (Å²) in [7, 11) is 0. The van der Waals surface area contributed by atoms with Crippen molar-refractivity contribution in [2.24, 2.45) is 11.7 Å². The average molecular weight is 403 g/mol. The molecule has 1 atom stereocenters. The van der Waals surface area contributed by atoms with E-state index in [0.29, 0.717) is 28.6 Å². The van der Waals surface area contributed by atoms with E-state index in [1.807, 2.05) is 20.8 Å². The molecular formula is C22H24F3N3O. The molecule has 0 aliphatic carbocycles. The first-order valence-electron chi connectivity index (χ1n) is 9.38. The van der Waals surface area contributed by atoms with Crippen molar-refractivity contribution in [1.29, 1.82) is 0 Å². The number of pyridine rings is 2. The van der Waals surface area contributed by atoms with E-state index in [0.717, 1.165) is 0 Å². The summed E-state index contributed by atoms with van der Waals surface area (Å²) in [5, 5.41) is 0.633. The quantitative estimate of drug-likeness (QED) is 0.565. The minimum absolute atomic E-state index is 0.0508. The van der Waals surface area contributed by atoms with Crippen LogP contribution in [0.25, 0.3) is 22.2 Å². The molecule has 0 aliphatic heterocycles. The highest BCUT2D eigenvalue weighted by Crippen LogP contribution is 2.34. The van der Waals surface area contributed by atoms with Gasteiger partial charge < -0.3 is 10.5 Å². The third kappa shape index (κ3) is 5.23. The second-order valence-electron chi connectivity index (χ2n) is 8.04. The Morgan fingerprint density at radius 3 is 2.59 bits per heavy atom. The van der Waals surface area contributed by atoms with Crippen molar-refractivity contribution < 1.29 is 17.9 Å². The Morgan fingerprint density at radius 2 is 1.90 bits per heavy atom. The molecule has 1 unspecified atom stereocenters. The number of nitrogens with zero attached hydrogens (tertiary/aromatic N) is 2. The van der Waals surface area contributed by atoms with Crippen molar-refractivity contribution in [2.75, 3.05) is 6.61 Å². The number of hydrogen-bond acceptors (Lipinski definition) is 4. The van der Waals surface area contributed by atoms with Crippen molar-refractivity contribution in [1.82, 2.24) is 9.97 Å². The maximum absolute atomic E-state index is 13.7. The van der Waals surface area contributed by atoms with E-state index in [4.69, 9.17) is 10.5 Å². The zero-order chi connectivity index (χ0) is 21.2. The lowest BCUT2D eigenvalue weighted by Gasteiger charge is -2.23. The Labute approximate surface area is 167 Å². The zero-order valence-corrected chi connectivity index (χ0v) is 16.6. The van der Waals surface area contributed by atoms with Crippen molar-refractivity contribution in [3.63, 3.8) is 0 Å². The number of ether oxygens (including phenoxy) is 1. The fraction of sp³-hybridized carbons (Fsp3) is 0.364. The summed E-state index contributed by atoms with van der Waals surface area (Å²) in [6, 6.07) is 7.15. The molecule has 0 amide bonds. The average Bonchev–Trinajstić information content (AvgIpc) is 2.64. The lowest BCUT2D eigenvalue weighted by molar-refractivity contribution is 0.142. The number of aromatic nitrogens is 2. The summed E-state index contributed by atoms with van der Waals surface area (Å²) in [5.74, 6) is -0.268. The fourth-order valence-electron chi connectivity index (χ4n) is 3.43. The second kappa shape index (κ2) is 8.37. The molecular weight excluding hydrogens is 379 g/mol. The Kier molecular flexibility index (Phi) is 6.07. The van der Waals surface area contributed by atoms with Crippen molar-refractivity contribution in [3.8, 4) is 17.0 Å². The number of fused-ring (bicyclic) bond motifs is 1. The predicted molar refractivity (Wildman–Crippen MR) is 107 cm³/mol. The molecule has 1 aromatic carbocycles. The predicted octanol–water partition coefficient (Wildman–Crippen LogP) is 5.52. The SMILES string of the molecule is CC(COc1cnc(-c2ccnc3cc(F)ccc23)cc1C(F)F)CC(C)(C)N. The van der Waals surface area contributed by atoms with Crippen LogP contribution in [0.1, 0.15) is 39.2 Å². The molecule has 0 bridgehead atoms. The van der Waals surface area contributed by atoms with Gasteiger partial charge in [-0.25, -0.2) is 13.2 Å². The molecule has 2 aromatic heterocycles. The van der Waals surface area contributed by atoms with Gasteiger partial charge in [-0.3, -0.25) is 9.97 Å². The van der Waals surface area contributed by atoms with E-state index in [1.165, 1.54) is 30.6 Å². The van der Waals surface area contributed by atoms with Gasteiger partial charge in [0.05, 0.1) is 29.6 Å².